The molecular weight excluding hydrogens is 320 g/mol. The van der Waals surface area contributed by atoms with E-state index in [2.05, 4.69) is 19.9 Å². The van der Waals surface area contributed by atoms with Crippen molar-refractivity contribution < 1.29 is 9.90 Å². The van der Waals surface area contributed by atoms with Gasteiger partial charge in [0.25, 0.3) is 0 Å². The highest BCUT2D eigenvalue weighted by Gasteiger charge is 2.55. The first kappa shape index (κ1) is 14.2. The molecule has 2 aliphatic rings. The highest BCUT2D eigenvalue weighted by molar-refractivity contribution is 8.00. The van der Waals surface area contributed by atoms with Crippen molar-refractivity contribution in [1.82, 2.24) is 15.0 Å². The molecule has 1 saturated carbocycles. The molecule has 0 amide bonds. The molecule has 1 aliphatic carbocycles. The fourth-order valence-electron chi connectivity index (χ4n) is 3.84. The molecule has 0 bridgehead atoms. The number of aliphatic carboxylic acids is 1. The first-order valence-corrected chi connectivity index (χ1v) is 9.32. The van der Waals surface area contributed by atoms with Gasteiger partial charge in [0.2, 0.25) is 0 Å². The van der Waals surface area contributed by atoms with Crippen molar-refractivity contribution >= 4 is 45.2 Å². The summed E-state index contributed by atoms with van der Waals surface area (Å²) in [5.74, 6) is 0.415. The van der Waals surface area contributed by atoms with Gasteiger partial charge >= 0.3 is 5.97 Å². The number of carbonyl (C=O) groups is 1. The van der Waals surface area contributed by atoms with Gasteiger partial charge in [-0.05, 0) is 25.0 Å². The lowest BCUT2D eigenvalue weighted by Gasteiger charge is -2.23. The van der Waals surface area contributed by atoms with Crippen LogP contribution in [0.1, 0.15) is 19.3 Å². The van der Waals surface area contributed by atoms with Gasteiger partial charge in [0.1, 0.15) is 11.0 Å². The maximum atomic E-state index is 11.8. The standard InChI is InChI=1S/C14H16N4O2S2/c1-21-13-17-10-9(22-13)11(16-7-15-10)18-5-8-3-2-4-14(8,6-18)12(19)20/h7-8H,2-6H2,1H3,(H,19,20)/t8-,14+/m0/s1. The average Bonchev–Trinajstić information content (AvgIpc) is 3.17. The molecule has 1 aliphatic heterocycles. The number of thiazole rings is 1. The van der Waals surface area contributed by atoms with E-state index < -0.39 is 11.4 Å². The number of carboxylic acids is 1. The molecule has 116 valence electrons. The van der Waals surface area contributed by atoms with Gasteiger partial charge in [0.15, 0.2) is 15.8 Å². The van der Waals surface area contributed by atoms with Crippen LogP contribution >= 0.6 is 23.1 Å². The van der Waals surface area contributed by atoms with Crippen LogP contribution in [0.15, 0.2) is 10.7 Å². The molecule has 4 rings (SSSR count). The van der Waals surface area contributed by atoms with Crippen molar-refractivity contribution in [1.29, 1.82) is 0 Å². The van der Waals surface area contributed by atoms with Gasteiger partial charge in [-0.15, -0.1) is 11.3 Å². The summed E-state index contributed by atoms with van der Waals surface area (Å²) in [6, 6.07) is 0. The van der Waals surface area contributed by atoms with Crippen molar-refractivity contribution in [3.05, 3.63) is 6.33 Å². The van der Waals surface area contributed by atoms with Gasteiger partial charge in [0, 0.05) is 13.1 Å². The smallest absolute Gasteiger partial charge is 0.311 e. The van der Waals surface area contributed by atoms with E-state index in [1.807, 2.05) is 6.26 Å². The third kappa shape index (κ3) is 1.93. The van der Waals surface area contributed by atoms with Crippen LogP contribution in [0.5, 0.6) is 0 Å². The fraction of sp³-hybridized carbons (Fsp3) is 0.571. The summed E-state index contributed by atoms with van der Waals surface area (Å²) in [4.78, 5) is 27.1. The summed E-state index contributed by atoms with van der Waals surface area (Å²) < 4.78 is 1.93. The van der Waals surface area contributed by atoms with Crippen molar-refractivity contribution in [2.24, 2.45) is 11.3 Å². The second-order valence-electron chi connectivity index (χ2n) is 5.96. The number of carboxylic acid groups (broad SMARTS) is 1. The lowest BCUT2D eigenvalue weighted by atomic mass is 9.81. The molecule has 3 heterocycles. The van der Waals surface area contributed by atoms with Gasteiger partial charge in [-0.2, -0.15) is 0 Å². The van der Waals surface area contributed by atoms with Crippen LogP contribution in [-0.2, 0) is 4.79 Å². The largest absolute Gasteiger partial charge is 0.481 e. The summed E-state index contributed by atoms with van der Waals surface area (Å²) in [5.41, 5.74) is 0.116. The lowest BCUT2D eigenvalue weighted by molar-refractivity contribution is -0.149. The van der Waals surface area contributed by atoms with Gasteiger partial charge < -0.3 is 10.0 Å². The molecule has 1 saturated heterocycles. The Hall–Kier alpha value is -1.41. The Labute approximate surface area is 136 Å². The molecule has 2 atom stereocenters. The predicted octanol–water partition coefficient (Wildman–Crippen LogP) is 2.50. The van der Waals surface area contributed by atoms with Crippen LogP contribution in [0.25, 0.3) is 10.3 Å². The van der Waals surface area contributed by atoms with E-state index in [4.69, 9.17) is 0 Å². The van der Waals surface area contributed by atoms with E-state index in [0.29, 0.717) is 12.2 Å². The molecule has 2 fully saturated rings. The van der Waals surface area contributed by atoms with Crippen molar-refractivity contribution in [2.75, 3.05) is 24.2 Å². The Morgan fingerprint density at radius 1 is 1.55 bits per heavy atom. The minimum absolute atomic E-state index is 0.225. The number of aromatic nitrogens is 3. The Balaban J connectivity index is 1.75. The van der Waals surface area contributed by atoms with Gasteiger partial charge in [-0.3, -0.25) is 4.79 Å². The average molecular weight is 336 g/mol. The van der Waals surface area contributed by atoms with Crippen LogP contribution in [0.4, 0.5) is 5.82 Å². The van der Waals surface area contributed by atoms with Crippen molar-refractivity contribution in [3.63, 3.8) is 0 Å². The number of nitrogens with zero attached hydrogens (tertiary/aromatic N) is 4. The summed E-state index contributed by atoms with van der Waals surface area (Å²) >= 11 is 3.18. The highest BCUT2D eigenvalue weighted by Crippen LogP contribution is 2.50. The summed E-state index contributed by atoms with van der Waals surface area (Å²) in [7, 11) is 0. The molecule has 2 aromatic heterocycles. The molecule has 0 unspecified atom stereocenters. The predicted molar refractivity (Wildman–Crippen MR) is 86.6 cm³/mol. The van der Waals surface area contributed by atoms with Crippen molar-refractivity contribution in [2.45, 2.75) is 23.6 Å². The Kier molecular flexibility index (Phi) is 3.26. The lowest BCUT2D eigenvalue weighted by Crippen LogP contribution is -2.35. The monoisotopic (exact) mass is 336 g/mol. The number of hydrogen-bond donors (Lipinski definition) is 1. The van der Waals surface area contributed by atoms with E-state index in [-0.39, 0.29) is 5.92 Å². The zero-order chi connectivity index (χ0) is 15.3. The molecular formula is C14H16N4O2S2. The Bertz CT molecular complexity index is 750. The topological polar surface area (TPSA) is 79.2 Å². The van der Waals surface area contributed by atoms with Crippen LogP contribution in [0, 0.1) is 11.3 Å². The van der Waals surface area contributed by atoms with E-state index >= 15 is 0 Å². The summed E-state index contributed by atoms with van der Waals surface area (Å²) in [6.07, 6.45) is 6.31. The van der Waals surface area contributed by atoms with Gasteiger partial charge in [-0.25, -0.2) is 15.0 Å². The van der Waals surface area contributed by atoms with Crippen molar-refractivity contribution in [3.8, 4) is 0 Å². The minimum Gasteiger partial charge on any atom is -0.481 e. The molecule has 22 heavy (non-hydrogen) atoms. The molecule has 0 radical (unpaired) electrons. The van der Waals surface area contributed by atoms with Gasteiger partial charge in [0.05, 0.1) is 5.41 Å². The number of thioether (sulfide) groups is 1. The van der Waals surface area contributed by atoms with E-state index in [1.54, 1.807) is 23.1 Å². The second kappa shape index (κ2) is 5.06. The van der Waals surface area contributed by atoms with Crippen LogP contribution in [0.3, 0.4) is 0 Å². The molecule has 0 aromatic carbocycles. The Morgan fingerprint density at radius 2 is 2.41 bits per heavy atom. The molecule has 2 aromatic rings. The highest BCUT2D eigenvalue weighted by atomic mass is 32.2. The molecule has 8 heteroatoms. The van der Waals surface area contributed by atoms with Crippen LogP contribution in [-0.4, -0.2) is 45.4 Å². The third-order valence-corrected chi connectivity index (χ3v) is 6.95. The summed E-state index contributed by atoms with van der Waals surface area (Å²) in [6.45, 7) is 1.32. The molecule has 6 nitrogen and oxygen atoms in total. The van der Waals surface area contributed by atoms with E-state index in [0.717, 1.165) is 40.7 Å². The fourth-order valence-corrected chi connectivity index (χ4v) is 5.37. The zero-order valence-corrected chi connectivity index (χ0v) is 13.8. The van der Waals surface area contributed by atoms with Crippen LogP contribution in [0.2, 0.25) is 0 Å². The zero-order valence-electron chi connectivity index (χ0n) is 12.2. The normalized spacial score (nSPS) is 27.5. The SMILES string of the molecule is CSc1nc2ncnc(N3C[C@@H]4CCC[C@@]4(C(=O)O)C3)c2s1. The molecule has 0 spiro atoms. The van der Waals surface area contributed by atoms with Crippen LogP contribution < -0.4 is 4.90 Å². The maximum Gasteiger partial charge on any atom is 0.311 e. The second-order valence-corrected chi connectivity index (χ2v) is 8.02. The summed E-state index contributed by atoms with van der Waals surface area (Å²) in [5, 5.41) is 9.72. The number of rotatable bonds is 3. The molecule has 1 N–H and O–H groups in total. The number of fused-ring (bicyclic) bond motifs is 2. The Morgan fingerprint density at radius 3 is 3.14 bits per heavy atom. The first-order chi connectivity index (χ1) is 10.6. The van der Waals surface area contributed by atoms with E-state index in [1.165, 1.54) is 6.33 Å². The number of anilines is 1. The maximum absolute atomic E-state index is 11.8. The third-order valence-electron chi connectivity index (χ3n) is 4.92. The van der Waals surface area contributed by atoms with Gasteiger partial charge in [-0.1, -0.05) is 18.2 Å². The van der Waals surface area contributed by atoms with E-state index in [9.17, 15) is 9.90 Å². The first-order valence-electron chi connectivity index (χ1n) is 7.28. The number of hydrogen-bond acceptors (Lipinski definition) is 7. The quantitative estimate of drug-likeness (QED) is 0.863. The minimum atomic E-state index is -0.656.